The predicted molar refractivity (Wildman–Crippen MR) is 67.8 cm³/mol. The third kappa shape index (κ3) is 7.24. The van der Waals surface area contributed by atoms with Gasteiger partial charge in [0.2, 0.25) is 0 Å². The Morgan fingerprint density at radius 1 is 1.44 bits per heavy atom. The fourth-order valence-electron chi connectivity index (χ4n) is 1.10. The van der Waals surface area contributed by atoms with E-state index < -0.39 is 8.77 Å². The summed E-state index contributed by atoms with van der Waals surface area (Å²) in [6.45, 7) is 2.67. The lowest BCUT2D eigenvalue weighted by molar-refractivity contribution is -0.121. The third-order valence-corrected chi connectivity index (χ3v) is 3.17. The van der Waals surface area contributed by atoms with Crippen molar-refractivity contribution in [2.45, 2.75) is 19.8 Å². The molecule has 0 saturated carbocycles. The van der Waals surface area contributed by atoms with Crippen molar-refractivity contribution in [3.8, 4) is 0 Å². The summed E-state index contributed by atoms with van der Waals surface area (Å²) in [5.74, 6) is -0.00273. The molecule has 0 amide bonds. The minimum Gasteiger partial charge on any atom is -0.330 e. The Labute approximate surface area is 102 Å². The molecule has 96 valence electrons. The largest absolute Gasteiger partial charge is 0.330 e. The highest BCUT2D eigenvalue weighted by Gasteiger charge is 2.24. The molecule has 0 rings (SSSR count). The van der Waals surface area contributed by atoms with Crippen molar-refractivity contribution in [2.24, 2.45) is 16.9 Å². The van der Waals surface area contributed by atoms with Crippen molar-refractivity contribution in [2.75, 3.05) is 26.0 Å². The summed E-state index contributed by atoms with van der Waals surface area (Å²) in [4.78, 5) is 11.5. The molecule has 0 aromatic heterocycles. The molecule has 0 aromatic carbocycles. The maximum absolute atomic E-state index is 11.5. The van der Waals surface area contributed by atoms with Crippen molar-refractivity contribution >= 4 is 25.7 Å². The normalized spacial score (nSPS) is 15.8. The average molecular weight is 268 g/mol. The number of hydrogen-bond acceptors (Lipinski definition) is 6. The Balaban J connectivity index is 4.00. The van der Waals surface area contributed by atoms with E-state index in [0.717, 1.165) is 0 Å². The summed E-state index contributed by atoms with van der Waals surface area (Å²) in [6.07, 6.45) is 1.82. The quantitative estimate of drug-likeness (QED) is 0.620. The molecular weight excluding hydrogens is 248 g/mol. The summed E-state index contributed by atoms with van der Waals surface area (Å²) < 4.78 is 15.8. The Hall–Kier alpha value is -0.0800. The minimum absolute atomic E-state index is 0.00273. The van der Waals surface area contributed by atoms with Crippen molar-refractivity contribution in [1.82, 2.24) is 0 Å². The number of Topliss-reactive ketones (excluding diaryl/α,β-unsaturated/α-hetero) is 1. The summed E-state index contributed by atoms with van der Waals surface area (Å²) >= 11 is 4.55. The Bertz CT molecular complexity index is 324. The van der Waals surface area contributed by atoms with Gasteiger partial charge in [0, 0.05) is 30.3 Å². The molecule has 5 nitrogen and oxygen atoms in total. The minimum atomic E-state index is -2.64. The topological polar surface area (TPSA) is 95.4 Å². The van der Waals surface area contributed by atoms with E-state index in [0.29, 0.717) is 19.5 Å². The summed E-state index contributed by atoms with van der Waals surface area (Å²) in [5, 5.41) is 0. The molecule has 0 bridgehead atoms. The fraction of sp³-hybridized carbons (Fsp3) is 0.889. The van der Waals surface area contributed by atoms with Crippen LogP contribution in [0.2, 0.25) is 0 Å². The van der Waals surface area contributed by atoms with Crippen LogP contribution < -0.4 is 11.5 Å². The van der Waals surface area contributed by atoms with Gasteiger partial charge in [0.1, 0.15) is 14.6 Å². The van der Waals surface area contributed by atoms with Gasteiger partial charge in [0.05, 0.1) is 6.61 Å². The second kappa shape index (κ2) is 6.61. The Morgan fingerprint density at radius 3 is 2.31 bits per heavy atom. The molecule has 0 saturated heterocycles. The van der Waals surface area contributed by atoms with Gasteiger partial charge in [-0.25, -0.2) is 4.21 Å². The molecule has 0 heterocycles. The van der Waals surface area contributed by atoms with Gasteiger partial charge >= 0.3 is 0 Å². The van der Waals surface area contributed by atoms with Crippen molar-refractivity contribution < 1.29 is 13.2 Å². The zero-order chi connectivity index (χ0) is 12.8. The standard InChI is InChI=1S/C9H20N2O3S2/c1-9(6-10,7-11)5-8(12)3-4-14-16(2,13)15/h3-7,10-11H2,1-2H3. The maximum atomic E-state index is 11.5. The molecule has 0 aliphatic carbocycles. The smallest absolute Gasteiger partial charge is 0.141 e. The zero-order valence-corrected chi connectivity index (χ0v) is 11.4. The number of ketones is 1. The monoisotopic (exact) mass is 268 g/mol. The molecule has 0 aliphatic rings. The van der Waals surface area contributed by atoms with Crippen LogP contribution in [0, 0.1) is 5.41 Å². The highest BCUT2D eigenvalue weighted by atomic mass is 32.8. The van der Waals surface area contributed by atoms with Gasteiger partial charge in [-0.05, 0) is 18.5 Å². The van der Waals surface area contributed by atoms with Gasteiger partial charge in [-0.2, -0.15) is 0 Å². The van der Waals surface area contributed by atoms with E-state index in [2.05, 4.69) is 11.2 Å². The highest BCUT2D eigenvalue weighted by Crippen LogP contribution is 2.18. The lowest BCUT2D eigenvalue weighted by Gasteiger charge is -2.24. The SMILES string of the molecule is CC(CN)(CN)CC(=O)CCOS(C)(=O)=S. The lowest BCUT2D eigenvalue weighted by atomic mass is 9.84. The molecule has 0 fully saturated rings. The molecule has 16 heavy (non-hydrogen) atoms. The molecule has 1 atom stereocenters. The first-order valence-electron chi connectivity index (χ1n) is 4.99. The predicted octanol–water partition coefficient (Wildman–Crippen LogP) is -0.433. The van der Waals surface area contributed by atoms with Gasteiger partial charge in [0.25, 0.3) is 0 Å². The van der Waals surface area contributed by atoms with Crippen LogP contribution >= 0.6 is 0 Å². The molecule has 0 aliphatic heterocycles. The van der Waals surface area contributed by atoms with Crippen LogP contribution in [0.3, 0.4) is 0 Å². The van der Waals surface area contributed by atoms with E-state index in [4.69, 9.17) is 15.7 Å². The number of carbonyl (C=O) groups excluding carboxylic acids is 1. The van der Waals surface area contributed by atoms with Crippen LogP contribution in [-0.4, -0.2) is 35.9 Å². The van der Waals surface area contributed by atoms with Gasteiger partial charge in [-0.15, -0.1) is 0 Å². The second-order valence-corrected chi connectivity index (χ2v) is 7.67. The van der Waals surface area contributed by atoms with Crippen LogP contribution in [0.25, 0.3) is 0 Å². The van der Waals surface area contributed by atoms with E-state index in [1.807, 2.05) is 6.92 Å². The second-order valence-electron chi connectivity index (χ2n) is 4.21. The van der Waals surface area contributed by atoms with Gasteiger partial charge < -0.3 is 11.5 Å². The maximum Gasteiger partial charge on any atom is 0.141 e. The van der Waals surface area contributed by atoms with Crippen LogP contribution in [0.5, 0.6) is 0 Å². The summed E-state index contributed by atoms with van der Waals surface area (Å²) in [6, 6.07) is 0. The molecule has 0 radical (unpaired) electrons. The summed E-state index contributed by atoms with van der Waals surface area (Å²) in [5.41, 5.74) is 10.7. The van der Waals surface area contributed by atoms with Crippen molar-refractivity contribution in [1.29, 1.82) is 0 Å². The molecular formula is C9H20N2O3S2. The first-order chi connectivity index (χ1) is 7.22. The van der Waals surface area contributed by atoms with Crippen LogP contribution in [0.4, 0.5) is 0 Å². The van der Waals surface area contributed by atoms with Gasteiger partial charge in [-0.1, -0.05) is 6.92 Å². The number of carbonyl (C=O) groups is 1. The van der Waals surface area contributed by atoms with E-state index >= 15 is 0 Å². The fourth-order valence-corrected chi connectivity index (χ4v) is 1.69. The molecule has 0 aromatic rings. The number of nitrogens with two attached hydrogens (primary N) is 2. The first-order valence-corrected chi connectivity index (χ1v) is 7.80. The van der Waals surface area contributed by atoms with E-state index in [1.165, 1.54) is 6.26 Å². The Kier molecular flexibility index (Phi) is 6.57. The van der Waals surface area contributed by atoms with Gasteiger partial charge in [-0.3, -0.25) is 8.98 Å². The van der Waals surface area contributed by atoms with Crippen molar-refractivity contribution in [3.63, 3.8) is 0 Å². The third-order valence-electron chi connectivity index (χ3n) is 2.29. The van der Waals surface area contributed by atoms with Crippen LogP contribution in [0.1, 0.15) is 19.8 Å². The highest BCUT2D eigenvalue weighted by molar-refractivity contribution is 8.29. The lowest BCUT2D eigenvalue weighted by Crippen LogP contribution is -2.37. The van der Waals surface area contributed by atoms with Gasteiger partial charge in [0.15, 0.2) is 0 Å². The number of rotatable bonds is 8. The zero-order valence-electron chi connectivity index (χ0n) is 9.73. The molecule has 4 N–H and O–H groups in total. The van der Waals surface area contributed by atoms with Crippen molar-refractivity contribution in [3.05, 3.63) is 0 Å². The van der Waals surface area contributed by atoms with E-state index in [9.17, 15) is 9.00 Å². The van der Waals surface area contributed by atoms with E-state index in [-0.39, 0.29) is 24.2 Å². The molecule has 7 heteroatoms. The molecule has 1 unspecified atom stereocenters. The van der Waals surface area contributed by atoms with Crippen LogP contribution in [-0.2, 0) is 28.9 Å². The van der Waals surface area contributed by atoms with Crippen LogP contribution in [0.15, 0.2) is 0 Å². The molecule has 0 spiro atoms. The Morgan fingerprint density at radius 2 is 1.94 bits per heavy atom. The average Bonchev–Trinajstić information content (AvgIpc) is 2.15. The van der Waals surface area contributed by atoms with E-state index in [1.54, 1.807) is 0 Å². The first kappa shape index (κ1) is 15.9. The summed E-state index contributed by atoms with van der Waals surface area (Å²) in [7, 11) is -2.64. The number of hydrogen-bond donors (Lipinski definition) is 2.